The first-order valence-electron chi connectivity index (χ1n) is 11.3. The van der Waals surface area contributed by atoms with Crippen molar-refractivity contribution >= 4 is 17.9 Å². The third-order valence-electron chi connectivity index (χ3n) is 4.84. The van der Waals surface area contributed by atoms with Crippen molar-refractivity contribution in [3.8, 4) is 0 Å². The van der Waals surface area contributed by atoms with Crippen LogP contribution in [0.1, 0.15) is 96.8 Å². The molecule has 0 aliphatic rings. The summed E-state index contributed by atoms with van der Waals surface area (Å²) in [5, 5.41) is 18.8. The molecule has 0 aliphatic carbocycles. The summed E-state index contributed by atoms with van der Waals surface area (Å²) in [6.07, 6.45) is 15.2. The summed E-state index contributed by atoms with van der Waals surface area (Å²) in [6, 6.07) is 0. The number of esters is 3. The quantitative estimate of drug-likeness (QED) is 0.147. The lowest BCUT2D eigenvalue weighted by Gasteiger charge is -2.13. The molecule has 2 atom stereocenters. The monoisotopic (exact) mass is 428 g/mol. The van der Waals surface area contributed by atoms with E-state index in [1.165, 1.54) is 38.5 Å². The van der Waals surface area contributed by atoms with Crippen LogP contribution in [0.3, 0.4) is 0 Å². The van der Waals surface area contributed by atoms with E-state index >= 15 is 0 Å². The maximum atomic E-state index is 11.6. The predicted octanol–water partition coefficient (Wildman–Crippen LogP) is 3.99. The van der Waals surface area contributed by atoms with E-state index in [-0.39, 0.29) is 6.42 Å². The minimum absolute atomic E-state index is 0.0466. The van der Waals surface area contributed by atoms with E-state index in [9.17, 15) is 24.6 Å². The van der Waals surface area contributed by atoms with E-state index in [2.05, 4.69) is 28.5 Å². The van der Waals surface area contributed by atoms with Crippen LogP contribution in [-0.4, -0.2) is 47.4 Å². The Morgan fingerprint density at radius 1 is 0.733 bits per heavy atom. The van der Waals surface area contributed by atoms with Crippen LogP contribution in [0.25, 0.3) is 0 Å². The molecule has 0 bridgehead atoms. The summed E-state index contributed by atoms with van der Waals surface area (Å²) >= 11 is 0. The number of aliphatic hydroxyl groups is 2. The molecule has 2 unspecified atom stereocenters. The maximum Gasteiger partial charge on any atom is 0.346 e. The highest BCUT2D eigenvalue weighted by Crippen LogP contribution is 2.10. The lowest BCUT2D eigenvalue weighted by Crippen LogP contribution is -2.42. The molecular weight excluding hydrogens is 388 g/mol. The minimum atomic E-state index is -2.14. The largest absolute Gasteiger partial charge is 0.467 e. The molecule has 0 aromatic rings. The molecule has 0 aromatic carbocycles. The Morgan fingerprint density at radius 2 is 1.20 bits per heavy atom. The molecule has 2 N–H and O–H groups in total. The van der Waals surface area contributed by atoms with Gasteiger partial charge in [-0.2, -0.15) is 0 Å². The zero-order valence-corrected chi connectivity index (χ0v) is 18.6. The number of ether oxygens (including phenoxy) is 2. The fourth-order valence-corrected chi connectivity index (χ4v) is 2.94. The zero-order chi connectivity index (χ0) is 22.6. The summed E-state index contributed by atoms with van der Waals surface area (Å²) in [5.41, 5.74) is 0. The molecule has 0 spiro atoms. The Kier molecular flexibility index (Phi) is 18.1. The molecule has 0 radical (unpaired) electrons. The SMILES string of the molecule is CCCCCCCC/C=C\CCCCCCCC(=O)OC(=O)C(O)C(O)C(=O)OC. The van der Waals surface area contributed by atoms with Crippen molar-refractivity contribution in [2.45, 2.75) is 109 Å². The van der Waals surface area contributed by atoms with Crippen molar-refractivity contribution < 1.29 is 34.1 Å². The number of unbranched alkanes of at least 4 members (excludes halogenated alkanes) is 11. The summed E-state index contributed by atoms with van der Waals surface area (Å²) < 4.78 is 8.65. The van der Waals surface area contributed by atoms with Gasteiger partial charge in [-0.15, -0.1) is 0 Å². The number of methoxy groups -OCH3 is 1. The third-order valence-corrected chi connectivity index (χ3v) is 4.84. The molecule has 0 aliphatic heterocycles. The lowest BCUT2D eigenvalue weighted by atomic mass is 10.1. The number of carbonyl (C=O) groups is 3. The van der Waals surface area contributed by atoms with Crippen molar-refractivity contribution in [1.29, 1.82) is 0 Å². The maximum absolute atomic E-state index is 11.6. The molecule has 7 heteroatoms. The molecular formula is C23H40O7. The van der Waals surface area contributed by atoms with Crippen LogP contribution < -0.4 is 0 Å². The van der Waals surface area contributed by atoms with Gasteiger partial charge in [0.1, 0.15) is 0 Å². The molecule has 0 heterocycles. The normalized spacial score (nSPS) is 13.2. The first-order valence-corrected chi connectivity index (χ1v) is 11.3. The zero-order valence-electron chi connectivity index (χ0n) is 18.6. The van der Waals surface area contributed by atoms with E-state index in [4.69, 9.17) is 0 Å². The first-order chi connectivity index (χ1) is 14.4. The molecule has 0 rings (SSSR count). The molecule has 30 heavy (non-hydrogen) atoms. The second-order valence-corrected chi connectivity index (χ2v) is 7.54. The average molecular weight is 429 g/mol. The van der Waals surface area contributed by atoms with E-state index in [1.54, 1.807) is 0 Å². The van der Waals surface area contributed by atoms with Gasteiger partial charge in [-0.25, -0.2) is 9.59 Å². The Morgan fingerprint density at radius 3 is 1.73 bits per heavy atom. The molecule has 0 amide bonds. The van der Waals surface area contributed by atoms with E-state index in [1.807, 2.05) is 0 Å². The van der Waals surface area contributed by atoms with Gasteiger partial charge < -0.3 is 19.7 Å². The molecule has 0 fully saturated rings. The highest BCUT2D eigenvalue weighted by atomic mass is 16.6. The highest BCUT2D eigenvalue weighted by molar-refractivity contribution is 5.91. The molecule has 0 saturated heterocycles. The molecule has 0 aromatic heterocycles. The van der Waals surface area contributed by atoms with Crippen LogP contribution >= 0.6 is 0 Å². The fourth-order valence-electron chi connectivity index (χ4n) is 2.94. The predicted molar refractivity (Wildman–Crippen MR) is 115 cm³/mol. The van der Waals surface area contributed by atoms with E-state index < -0.39 is 30.1 Å². The minimum Gasteiger partial charge on any atom is -0.467 e. The summed E-state index contributed by atoms with van der Waals surface area (Å²) in [6.45, 7) is 2.23. The standard InChI is InChI=1S/C23H40O7/c1-3-4-5-6-7-8-9-10-11-12-13-14-15-16-17-18-19(24)30-23(28)21(26)20(25)22(27)29-2/h10-11,20-21,25-26H,3-9,12-18H2,1-2H3/b11-10-. The van der Waals surface area contributed by atoms with Gasteiger partial charge in [-0.1, -0.05) is 70.4 Å². The second-order valence-electron chi connectivity index (χ2n) is 7.54. The van der Waals surface area contributed by atoms with Gasteiger partial charge in [0.25, 0.3) is 0 Å². The summed E-state index contributed by atoms with van der Waals surface area (Å²) in [5.74, 6) is -3.32. The van der Waals surface area contributed by atoms with Crippen molar-refractivity contribution in [2.24, 2.45) is 0 Å². The van der Waals surface area contributed by atoms with Crippen molar-refractivity contribution in [2.75, 3.05) is 7.11 Å². The lowest BCUT2D eigenvalue weighted by molar-refractivity contribution is -0.176. The van der Waals surface area contributed by atoms with Gasteiger partial charge >= 0.3 is 17.9 Å². The topological polar surface area (TPSA) is 110 Å². The van der Waals surface area contributed by atoms with Crippen LogP contribution in [0.2, 0.25) is 0 Å². The molecule has 174 valence electrons. The van der Waals surface area contributed by atoms with Crippen LogP contribution in [0.4, 0.5) is 0 Å². The number of hydrogen-bond acceptors (Lipinski definition) is 7. The number of allylic oxidation sites excluding steroid dienone is 2. The Labute approximate surface area is 180 Å². The Balaban J connectivity index is 3.59. The van der Waals surface area contributed by atoms with Crippen LogP contribution in [-0.2, 0) is 23.9 Å². The number of carbonyl (C=O) groups excluding carboxylic acids is 3. The summed E-state index contributed by atoms with van der Waals surface area (Å²) in [4.78, 5) is 34.1. The molecule has 0 saturated carbocycles. The van der Waals surface area contributed by atoms with Crippen LogP contribution in [0.5, 0.6) is 0 Å². The van der Waals surface area contributed by atoms with Crippen molar-refractivity contribution in [1.82, 2.24) is 0 Å². The first kappa shape index (κ1) is 28.3. The highest BCUT2D eigenvalue weighted by Gasteiger charge is 2.33. The van der Waals surface area contributed by atoms with Gasteiger partial charge in [-0.3, -0.25) is 4.79 Å². The number of rotatable bonds is 18. The van der Waals surface area contributed by atoms with Gasteiger partial charge in [0, 0.05) is 6.42 Å². The number of hydrogen-bond donors (Lipinski definition) is 2. The van der Waals surface area contributed by atoms with E-state index in [0.717, 1.165) is 45.6 Å². The second kappa shape index (κ2) is 19.2. The Hall–Kier alpha value is -1.73. The van der Waals surface area contributed by atoms with E-state index in [0.29, 0.717) is 6.42 Å². The van der Waals surface area contributed by atoms with Gasteiger partial charge in [-0.05, 0) is 32.1 Å². The fraction of sp³-hybridized carbons (Fsp3) is 0.783. The van der Waals surface area contributed by atoms with Crippen LogP contribution in [0.15, 0.2) is 12.2 Å². The van der Waals surface area contributed by atoms with Crippen LogP contribution in [0, 0.1) is 0 Å². The van der Waals surface area contributed by atoms with Crippen molar-refractivity contribution in [3.63, 3.8) is 0 Å². The van der Waals surface area contributed by atoms with Gasteiger partial charge in [0.15, 0.2) is 12.2 Å². The van der Waals surface area contributed by atoms with Crippen molar-refractivity contribution in [3.05, 3.63) is 12.2 Å². The molecule has 7 nitrogen and oxygen atoms in total. The van der Waals surface area contributed by atoms with Gasteiger partial charge in [0.2, 0.25) is 0 Å². The van der Waals surface area contributed by atoms with Gasteiger partial charge in [0.05, 0.1) is 7.11 Å². The number of aliphatic hydroxyl groups excluding tert-OH is 2. The average Bonchev–Trinajstić information content (AvgIpc) is 2.74. The Bertz CT molecular complexity index is 502. The summed E-state index contributed by atoms with van der Waals surface area (Å²) in [7, 11) is 1.00. The smallest absolute Gasteiger partial charge is 0.346 e. The third kappa shape index (κ3) is 15.2.